The number of hydrogen-bond acceptors (Lipinski definition) is 4. The van der Waals surface area contributed by atoms with Gasteiger partial charge in [0.2, 0.25) is 0 Å². The van der Waals surface area contributed by atoms with Crippen LogP contribution in [0.2, 0.25) is 0 Å². The molecule has 7 nitrogen and oxygen atoms in total. The molecule has 7 heteroatoms. The number of allylic oxidation sites excluding steroid dienone is 3. The predicted octanol–water partition coefficient (Wildman–Crippen LogP) is 2.14. The zero-order chi connectivity index (χ0) is 19.9. The van der Waals surface area contributed by atoms with Crippen LogP contribution in [-0.2, 0) is 11.3 Å². The van der Waals surface area contributed by atoms with E-state index in [4.69, 9.17) is 4.74 Å². The first-order chi connectivity index (χ1) is 13.4. The van der Waals surface area contributed by atoms with Gasteiger partial charge in [0.1, 0.15) is 11.3 Å². The molecule has 2 atom stereocenters. The summed E-state index contributed by atoms with van der Waals surface area (Å²) in [6, 6.07) is 4.88. The highest BCUT2D eigenvalue weighted by molar-refractivity contribution is 6.08. The Kier molecular flexibility index (Phi) is 4.45. The fraction of sp³-hybridized carbons (Fsp3) is 0.381. The number of hydrogen-bond donors (Lipinski definition) is 2. The fourth-order valence-corrected chi connectivity index (χ4v) is 4.13. The molecule has 1 saturated heterocycles. The molecule has 1 aliphatic carbocycles. The van der Waals surface area contributed by atoms with E-state index >= 15 is 0 Å². The molecule has 0 aromatic heterocycles. The van der Waals surface area contributed by atoms with Crippen molar-refractivity contribution in [3.63, 3.8) is 0 Å². The number of carbonyl (C=O) groups is 3. The first-order valence-electron chi connectivity index (χ1n) is 9.46. The molecule has 4 amide bonds. The average molecular weight is 381 g/mol. The lowest BCUT2D eigenvalue weighted by Crippen LogP contribution is -2.59. The van der Waals surface area contributed by atoms with E-state index in [9.17, 15) is 14.4 Å². The van der Waals surface area contributed by atoms with Gasteiger partial charge in [0.05, 0.1) is 13.2 Å². The molecule has 3 aliphatic rings. The van der Waals surface area contributed by atoms with Crippen molar-refractivity contribution in [1.29, 1.82) is 0 Å². The molecule has 4 rings (SSSR count). The molecule has 0 saturated carbocycles. The van der Waals surface area contributed by atoms with E-state index in [1.165, 1.54) is 0 Å². The Morgan fingerprint density at radius 2 is 2.11 bits per heavy atom. The first-order valence-corrected chi connectivity index (χ1v) is 9.46. The lowest BCUT2D eigenvalue weighted by atomic mass is 9.78. The maximum absolute atomic E-state index is 12.9. The van der Waals surface area contributed by atoms with Crippen LogP contribution in [-0.4, -0.2) is 41.4 Å². The van der Waals surface area contributed by atoms with Crippen molar-refractivity contribution >= 4 is 17.8 Å². The molecule has 0 spiro atoms. The van der Waals surface area contributed by atoms with Crippen LogP contribution in [0.5, 0.6) is 5.75 Å². The quantitative estimate of drug-likeness (QED) is 0.765. The number of urea groups is 1. The number of nitrogens with one attached hydrogen (secondary N) is 2. The number of rotatable bonds is 5. The van der Waals surface area contributed by atoms with Crippen LogP contribution in [0.1, 0.15) is 36.2 Å². The van der Waals surface area contributed by atoms with Gasteiger partial charge in [-0.3, -0.25) is 14.9 Å². The molecular formula is C21H23N3O4. The van der Waals surface area contributed by atoms with E-state index in [-0.39, 0.29) is 24.3 Å². The van der Waals surface area contributed by atoms with Crippen LogP contribution in [0.4, 0.5) is 4.79 Å². The Morgan fingerprint density at radius 1 is 1.29 bits per heavy atom. The molecule has 0 bridgehead atoms. The summed E-state index contributed by atoms with van der Waals surface area (Å²) in [5.41, 5.74) is 1.42. The van der Waals surface area contributed by atoms with Crippen molar-refractivity contribution in [2.24, 2.45) is 5.92 Å². The Labute approximate surface area is 163 Å². The third kappa shape index (κ3) is 2.96. The van der Waals surface area contributed by atoms with Gasteiger partial charge >= 0.3 is 6.03 Å². The van der Waals surface area contributed by atoms with Crippen LogP contribution in [0, 0.1) is 5.92 Å². The van der Waals surface area contributed by atoms with E-state index < -0.39 is 11.6 Å². The highest BCUT2D eigenvalue weighted by Crippen LogP contribution is 2.34. The summed E-state index contributed by atoms with van der Waals surface area (Å²) in [6.07, 6.45) is 6.56. The molecule has 1 fully saturated rings. The summed E-state index contributed by atoms with van der Waals surface area (Å²) in [5.74, 6) is -0.0387. The Morgan fingerprint density at radius 3 is 2.75 bits per heavy atom. The summed E-state index contributed by atoms with van der Waals surface area (Å²) < 4.78 is 5.52. The second-order valence-corrected chi connectivity index (χ2v) is 7.44. The van der Waals surface area contributed by atoms with Crippen molar-refractivity contribution in [1.82, 2.24) is 15.5 Å². The van der Waals surface area contributed by atoms with Gasteiger partial charge in [0.15, 0.2) is 0 Å². The van der Waals surface area contributed by atoms with Crippen molar-refractivity contribution in [2.45, 2.75) is 32.4 Å². The van der Waals surface area contributed by atoms with Crippen molar-refractivity contribution in [3.05, 3.63) is 53.1 Å². The van der Waals surface area contributed by atoms with Gasteiger partial charge in [0, 0.05) is 18.0 Å². The van der Waals surface area contributed by atoms with E-state index in [2.05, 4.69) is 10.6 Å². The number of ether oxygens (including phenoxy) is 1. The normalized spacial score (nSPS) is 26.1. The standard InChI is InChI=1S/C21H23N3O4/c1-3-28-16-8-9-17-14(10-16)11-24(18(17)25)12-21(19(26)22-20(27)23-21)15-6-4-13(2)5-7-15/h4-6,8-10,15H,3,7,11-12H2,1-2H3,(H2,22,23,26,27)/t15-,21-/m0/s1. The number of carbonyl (C=O) groups excluding carboxylic acids is 3. The summed E-state index contributed by atoms with van der Waals surface area (Å²) in [6.45, 7) is 4.94. The van der Waals surface area contributed by atoms with Gasteiger partial charge in [-0.05, 0) is 44.0 Å². The number of fused-ring (bicyclic) bond motifs is 1. The van der Waals surface area contributed by atoms with E-state index in [1.807, 2.05) is 38.1 Å². The van der Waals surface area contributed by atoms with Gasteiger partial charge in [-0.15, -0.1) is 0 Å². The minimum atomic E-state index is -1.18. The Balaban J connectivity index is 1.61. The average Bonchev–Trinajstić information content (AvgIpc) is 3.12. The summed E-state index contributed by atoms with van der Waals surface area (Å²) >= 11 is 0. The van der Waals surface area contributed by atoms with Crippen molar-refractivity contribution in [3.8, 4) is 5.75 Å². The van der Waals surface area contributed by atoms with Gasteiger partial charge in [-0.1, -0.05) is 23.8 Å². The van der Waals surface area contributed by atoms with Crippen LogP contribution in [0.3, 0.4) is 0 Å². The van der Waals surface area contributed by atoms with Gasteiger partial charge in [0.25, 0.3) is 11.8 Å². The Hall–Kier alpha value is -3.09. The minimum Gasteiger partial charge on any atom is -0.494 e. The van der Waals surface area contributed by atoms with Crippen LogP contribution in [0.25, 0.3) is 0 Å². The lowest BCUT2D eigenvalue weighted by molar-refractivity contribution is -0.125. The third-order valence-electron chi connectivity index (χ3n) is 5.59. The zero-order valence-corrected chi connectivity index (χ0v) is 16.0. The molecule has 28 heavy (non-hydrogen) atoms. The smallest absolute Gasteiger partial charge is 0.322 e. The van der Waals surface area contributed by atoms with Crippen LogP contribution in [0.15, 0.2) is 42.0 Å². The topological polar surface area (TPSA) is 87.7 Å². The molecule has 1 aromatic carbocycles. The second kappa shape index (κ2) is 6.82. The molecule has 0 unspecified atom stereocenters. The van der Waals surface area contributed by atoms with Gasteiger partial charge in [-0.2, -0.15) is 0 Å². The van der Waals surface area contributed by atoms with Gasteiger partial charge in [-0.25, -0.2) is 4.79 Å². The molecule has 146 valence electrons. The number of benzene rings is 1. The maximum Gasteiger partial charge on any atom is 0.322 e. The summed E-state index contributed by atoms with van der Waals surface area (Å²) in [5, 5.41) is 5.16. The highest BCUT2D eigenvalue weighted by atomic mass is 16.5. The highest BCUT2D eigenvalue weighted by Gasteiger charge is 2.53. The van der Waals surface area contributed by atoms with Crippen LogP contribution < -0.4 is 15.4 Å². The molecule has 2 N–H and O–H groups in total. The predicted molar refractivity (Wildman–Crippen MR) is 103 cm³/mol. The monoisotopic (exact) mass is 381 g/mol. The van der Waals surface area contributed by atoms with Crippen molar-refractivity contribution in [2.75, 3.05) is 13.2 Å². The molecule has 1 aromatic rings. The zero-order valence-electron chi connectivity index (χ0n) is 16.0. The molecule has 2 aliphatic heterocycles. The summed E-state index contributed by atoms with van der Waals surface area (Å²) in [7, 11) is 0. The molecule has 0 radical (unpaired) electrons. The number of amides is 4. The minimum absolute atomic E-state index is 0.115. The molecule has 2 heterocycles. The lowest BCUT2D eigenvalue weighted by Gasteiger charge is -2.36. The Bertz CT molecular complexity index is 920. The van der Waals surface area contributed by atoms with Crippen LogP contribution >= 0.6 is 0 Å². The van der Waals surface area contributed by atoms with E-state index in [1.54, 1.807) is 17.0 Å². The number of imide groups is 1. The van der Waals surface area contributed by atoms with Crippen molar-refractivity contribution < 1.29 is 19.1 Å². The van der Waals surface area contributed by atoms with E-state index in [0.717, 1.165) is 11.1 Å². The summed E-state index contributed by atoms with van der Waals surface area (Å²) in [4.78, 5) is 39.3. The fourth-order valence-electron chi connectivity index (χ4n) is 4.13. The first kappa shape index (κ1) is 18.3. The number of nitrogens with zero attached hydrogens (tertiary/aromatic N) is 1. The largest absolute Gasteiger partial charge is 0.494 e. The van der Waals surface area contributed by atoms with Gasteiger partial charge < -0.3 is 15.0 Å². The SMILES string of the molecule is CCOc1ccc2c(c1)CN(C[C@@]1([C@H]3C=CC(C)=CC3)NC(=O)NC1=O)C2=O. The molecular weight excluding hydrogens is 358 g/mol. The third-order valence-corrected chi connectivity index (χ3v) is 5.59. The van der Waals surface area contributed by atoms with E-state index in [0.29, 0.717) is 30.9 Å². The maximum atomic E-state index is 12.9. The second-order valence-electron chi connectivity index (χ2n) is 7.44.